The molecule has 0 aliphatic heterocycles. The molecular formula is C17H19NO5. The zero-order chi connectivity index (χ0) is 16.7. The van der Waals surface area contributed by atoms with Crippen LogP contribution in [0.5, 0.6) is 5.75 Å². The molecule has 0 saturated carbocycles. The van der Waals surface area contributed by atoms with Gasteiger partial charge in [0.2, 0.25) is 0 Å². The van der Waals surface area contributed by atoms with Gasteiger partial charge in [0.15, 0.2) is 6.10 Å². The highest BCUT2D eigenvalue weighted by Gasteiger charge is 2.21. The lowest BCUT2D eigenvalue weighted by Gasteiger charge is -2.14. The normalized spacial score (nSPS) is 11.6. The lowest BCUT2D eigenvalue weighted by atomic mass is 10.2. The molecule has 1 heterocycles. The Bertz CT molecular complexity index is 651. The maximum absolute atomic E-state index is 12.2. The molecule has 1 amide bonds. The monoisotopic (exact) mass is 317 g/mol. The summed E-state index contributed by atoms with van der Waals surface area (Å²) in [5.74, 6) is 0.0556. The van der Waals surface area contributed by atoms with Crippen LogP contribution in [0.3, 0.4) is 0 Å². The summed E-state index contributed by atoms with van der Waals surface area (Å²) in [6.07, 6.45) is 0.599. The fraction of sp³-hybridized carbons (Fsp3) is 0.294. The summed E-state index contributed by atoms with van der Waals surface area (Å²) in [6.45, 7) is 4.01. The number of carbonyl (C=O) groups is 2. The summed E-state index contributed by atoms with van der Waals surface area (Å²) in [5, 5.41) is 2.64. The largest absolute Gasteiger partial charge is 0.493 e. The van der Waals surface area contributed by atoms with Crippen molar-refractivity contribution in [3.63, 3.8) is 0 Å². The Kier molecular flexibility index (Phi) is 5.80. The van der Waals surface area contributed by atoms with E-state index in [1.54, 1.807) is 36.4 Å². The molecule has 2 rings (SSSR count). The molecule has 0 aliphatic carbocycles. The van der Waals surface area contributed by atoms with Gasteiger partial charge in [0.05, 0.1) is 19.4 Å². The molecule has 6 nitrogen and oxygen atoms in total. The van der Waals surface area contributed by atoms with Crippen LogP contribution < -0.4 is 10.1 Å². The number of benzene rings is 1. The van der Waals surface area contributed by atoms with Crippen molar-refractivity contribution in [1.82, 2.24) is 5.32 Å². The molecule has 0 radical (unpaired) electrons. The van der Waals surface area contributed by atoms with Crippen molar-refractivity contribution in [1.29, 1.82) is 0 Å². The van der Waals surface area contributed by atoms with Crippen LogP contribution in [0.15, 0.2) is 47.1 Å². The topological polar surface area (TPSA) is 77.8 Å². The SMILES string of the molecule is CCOc1ccccc1C(=O)O[C@@H](C)C(=O)NCc1ccco1. The fourth-order valence-corrected chi connectivity index (χ4v) is 1.93. The van der Waals surface area contributed by atoms with Gasteiger partial charge in [-0.15, -0.1) is 0 Å². The third-order valence-electron chi connectivity index (χ3n) is 3.08. The third kappa shape index (κ3) is 4.60. The van der Waals surface area contributed by atoms with Crippen molar-refractivity contribution < 1.29 is 23.5 Å². The van der Waals surface area contributed by atoms with Crippen molar-refractivity contribution in [2.24, 2.45) is 0 Å². The van der Waals surface area contributed by atoms with E-state index in [-0.39, 0.29) is 6.54 Å². The summed E-state index contributed by atoms with van der Waals surface area (Å²) in [5.41, 5.74) is 0.292. The molecule has 23 heavy (non-hydrogen) atoms. The molecule has 1 atom stereocenters. The Balaban J connectivity index is 1.92. The molecule has 0 aliphatic rings. The molecule has 1 aromatic carbocycles. The number of nitrogens with one attached hydrogen (secondary N) is 1. The van der Waals surface area contributed by atoms with Crippen LogP contribution in [-0.2, 0) is 16.1 Å². The van der Waals surface area contributed by atoms with Gasteiger partial charge in [-0.1, -0.05) is 12.1 Å². The second-order valence-electron chi connectivity index (χ2n) is 4.77. The van der Waals surface area contributed by atoms with Crippen molar-refractivity contribution in [3.05, 3.63) is 54.0 Å². The first-order chi connectivity index (χ1) is 11.1. The number of hydrogen-bond donors (Lipinski definition) is 1. The number of carbonyl (C=O) groups excluding carboxylic acids is 2. The number of rotatable bonds is 7. The molecule has 122 valence electrons. The van der Waals surface area contributed by atoms with Crippen LogP contribution in [0.4, 0.5) is 0 Å². The minimum atomic E-state index is -0.924. The van der Waals surface area contributed by atoms with E-state index in [1.165, 1.54) is 13.2 Å². The van der Waals surface area contributed by atoms with Crippen LogP contribution in [-0.4, -0.2) is 24.6 Å². The number of furan rings is 1. The standard InChI is InChI=1S/C17H19NO5/c1-3-21-15-9-5-4-8-14(15)17(20)23-12(2)16(19)18-11-13-7-6-10-22-13/h4-10,12H,3,11H2,1-2H3,(H,18,19)/t12-/m0/s1. The van der Waals surface area contributed by atoms with E-state index in [1.807, 2.05) is 6.92 Å². The number of hydrogen-bond acceptors (Lipinski definition) is 5. The average molecular weight is 317 g/mol. The van der Waals surface area contributed by atoms with Crippen LogP contribution in [0.2, 0.25) is 0 Å². The summed E-state index contributed by atoms with van der Waals surface area (Å²) < 4.78 is 15.7. The number of amides is 1. The van der Waals surface area contributed by atoms with E-state index in [0.717, 1.165) is 0 Å². The van der Waals surface area contributed by atoms with Gasteiger partial charge in [0.25, 0.3) is 5.91 Å². The van der Waals surface area contributed by atoms with Gasteiger partial charge in [-0.25, -0.2) is 4.79 Å². The molecule has 0 bridgehead atoms. The molecule has 6 heteroatoms. The van der Waals surface area contributed by atoms with Gasteiger partial charge in [-0.3, -0.25) is 4.79 Å². The quantitative estimate of drug-likeness (QED) is 0.794. The van der Waals surface area contributed by atoms with E-state index in [4.69, 9.17) is 13.9 Å². The first-order valence-electron chi connectivity index (χ1n) is 7.34. The second-order valence-corrected chi connectivity index (χ2v) is 4.77. The number of ether oxygens (including phenoxy) is 2. The van der Waals surface area contributed by atoms with E-state index in [0.29, 0.717) is 23.7 Å². The van der Waals surface area contributed by atoms with E-state index < -0.39 is 18.0 Å². The Morgan fingerprint density at radius 3 is 2.70 bits per heavy atom. The maximum Gasteiger partial charge on any atom is 0.342 e. The Morgan fingerprint density at radius 2 is 2.00 bits per heavy atom. The average Bonchev–Trinajstić information content (AvgIpc) is 3.06. The highest BCUT2D eigenvalue weighted by molar-refractivity contribution is 5.94. The smallest absolute Gasteiger partial charge is 0.342 e. The van der Waals surface area contributed by atoms with Crippen molar-refractivity contribution in [3.8, 4) is 5.75 Å². The zero-order valence-electron chi connectivity index (χ0n) is 13.1. The molecule has 1 aromatic heterocycles. The predicted octanol–water partition coefficient (Wildman–Crippen LogP) is 2.54. The van der Waals surface area contributed by atoms with Crippen LogP contribution in [0.25, 0.3) is 0 Å². The van der Waals surface area contributed by atoms with Gasteiger partial charge in [0, 0.05) is 0 Å². The van der Waals surface area contributed by atoms with Crippen molar-refractivity contribution in [2.75, 3.05) is 6.61 Å². The van der Waals surface area contributed by atoms with Crippen molar-refractivity contribution >= 4 is 11.9 Å². The molecule has 2 aromatic rings. The lowest BCUT2D eigenvalue weighted by molar-refractivity contribution is -0.129. The summed E-state index contributed by atoms with van der Waals surface area (Å²) in [6, 6.07) is 10.2. The van der Waals surface area contributed by atoms with Gasteiger partial charge in [-0.05, 0) is 38.1 Å². The van der Waals surface area contributed by atoms with Crippen LogP contribution >= 0.6 is 0 Å². The van der Waals surface area contributed by atoms with E-state index in [2.05, 4.69) is 5.32 Å². The van der Waals surface area contributed by atoms with Crippen molar-refractivity contribution in [2.45, 2.75) is 26.5 Å². The lowest BCUT2D eigenvalue weighted by Crippen LogP contribution is -2.35. The zero-order valence-corrected chi connectivity index (χ0v) is 13.1. The number of esters is 1. The molecule has 0 fully saturated rings. The summed E-state index contributed by atoms with van der Waals surface area (Å²) in [4.78, 5) is 24.1. The van der Waals surface area contributed by atoms with E-state index >= 15 is 0 Å². The van der Waals surface area contributed by atoms with Gasteiger partial charge in [0.1, 0.15) is 17.1 Å². The highest BCUT2D eigenvalue weighted by atomic mass is 16.5. The summed E-state index contributed by atoms with van der Waals surface area (Å²) in [7, 11) is 0. The Hall–Kier alpha value is -2.76. The Morgan fingerprint density at radius 1 is 1.22 bits per heavy atom. The van der Waals surface area contributed by atoms with Gasteiger partial charge in [-0.2, -0.15) is 0 Å². The first kappa shape index (κ1) is 16.6. The molecule has 1 N–H and O–H groups in total. The highest BCUT2D eigenvalue weighted by Crippen LogP contribution is 2.19. The van der Waals surface area contributed by atoms with Crippen LogP contribution in [0.1, 0.15) is 30.0 Å². The predicted molar refractivity (Wildman–Crippen MR) is 83.0 cm³/mol. The maximum atomic E-state index is 12.2. The number of para-hydroxylation sites is 1. The minimum Gasteiger partial charge on any atom is -0.493 e. The van der Waals surface area contributed by atoms with Crippen LogP contribution in [0, 0.1) is 0 Å². The minimum absolute atomic E-state index is 0.239. The second kappa shape index (κ2) is 8.03. The molecule has 0 saturated heterocycles. The van der Waals surface area contributed by atoms with Gasteiger partial charge >= 0.3 is 5.97 Å². The molecule has 0 spiro atoms. The van der Waals surface area contributed by atoms with E-state index in [9.17, 15) is 9.59 Å². The third-order valence-corrected chi connectivity index (χ3v) is 3.08. The first-order valence-corrected chi connectivity index (χ1v) is 7.34. The molecular weight excluding hydrogens is 298 g/mol. The fourth-order valence-electron chi connectivity index (χ4n) is 1.93. The Labute approximate surface area is 134 Å². The van der Waals surface area contributed by atoms with Gasteiger partial charge < -0.3 is 19.2 Å². The molecule has 0 unspecified atom stereocenters. The summed E-state index contributed by atoms with van der Waals surface area (Å²) >= 11 is 0.